The van der Waals surface area contributed by atoms with Crippen LogP contribution in [-0.4, -0.2) is 9.97 Å². The van der Waals surface area contributed by atoms with Crippen LogP contribution in [0.15, 0.2) is 203 Å². The lowest BCUT2D eigenvalue weighted by Crippen LogP contribution is -1.96. The fourth-order valence-electron chi connectivity index (χ4n) is 8.78. The summed E-state index contributed by atoms with van der Waals surface area (Å²) in [6, 6.07) is 68.0. The lowest BCUT2D eigenvalue weighted by atomic mass is 9.90. The summed E-state index contributed by atoms with van der Waals surface area (Å²) in [6.45, 7) is 0. The minimum Gasteiger partial charge on any atom is -0.456 e. The molecule has 4 nitrogen and oxygen atoms in total. The molecule has 0 spiro atoms. The highest BCUT2D eigenvalue weighted by atomic mass is 16.3. The van der Waals surface area contributed by atoms with Gasteiger partial charge in [0.05, 0.1) is 11.4 Å². The van der Waals surface area contributed by atoms with E-state index in [-0.39, 0.29) is 0 Å². The van der Waals surface area contributed by atoms with Gasteiger partial charge in [-0.25, -0.2) is 9.97 Å². The second-order valence-electron chi connectivity index (χ2n) is 14.9. The first-order chi connectivity index (χ1) is 28.7. The molecule has 0 saturated heterocycles. The molecule has 9 aromatic carbocycles. The van der Waals surface area contributed by atoms with Crippen molar-refractivity contribution in [2.45, 2.75) is 0 Å². The summed E-state index contributed by atoms with van der Waals surface area (Å²) in [4.78, 5) is 10.7. The van der Waals surface area contributed by atoms with E-state index in [1.54, 1.807) is 0 Å². The quantitative estimate of drug-likeness (QED) is 0.176. The first kappa shape index (κ1) is 32.4. The number of hydrogen-bond donors (Lipinski definition) is 0. The summed E-state index contributed by atoms with van der Waals surface area (Å²) < 4.78 is 12.9. The van der Waals surface area contributed by atoms with E-state index in [0.717, 1.165) is 88.5 Å². The van der Waals surface area contributed by atoms with Gasteiger partial charge in [0, 0.05) is 38.2 Å². The zero-order chi connectivity index (χ0) is 38.2. The van der Waals surface area contributed by atoms with Crippen LogP contribution in [0.1, 0.15) is 0 Å². The maximum absolute atomic E-state index is 6.69. The Labute approximate surface area is 333 Å². The number of fused-ring (bicyclic) bond motifs is 8. The average Bonchev–Trinajstić information content (AvgIpc) is 3.87. The largest absolute Gasteiger partial charge is 0.456 e. The molecular weight excluding hydrogens is 709 g/mol. The molecule has 12 aromatic rings. The predicted molar refractivity (Wildman–Crippen MR) is 239 cm³/mol. The van der Waals surface area contributed by atoms with E-state index >= 15 is 0 Å². The van der Waals surface area contributed by atoms with E-state index in [9.17, 15) is 0 Å². The van der Waals surface area contributed by atoms with Crippen LogP contribution >= 0.6 is 0 Å². The van der Waals surface area contributed by atoms with Gasteiger partial charge in [-0.15, -0.1) is 0 Å². The zero-order valence-electron chi connectivity index (χ0n) is 31.2. The number of rotatable bonds is 5. The van der Waals surface area contributed by atoms with Gasteiger partial charge in [-0.05, 0) is 92.3 Å². The zero-order valence-corrected chi connectivity index (χ0v) is 31.2. The van der Waals surface area contributed by atoms with E-state index in [1.807, 2.05) is 24.3 Å². The third-order valence-corrected chi connectivity index (χ3v) is 11.5. The topological polar surface area (TPSA) is 52.1 Å². The number of benzene rings is 9. The smallest absolute Gasteiger partial charge is 0.160 e. The Bertz CT molecular complexity index is 3580. The molecule has 3 heterocycles. The molecule has 58 heavy (non-hydrogen) atoms. The van der Waals surface area contributed by atoms with Gasteiger partial charge in [0.1, 0.15) is 22.3 Å². The highest BCUT2D eigenvalue weighted by Gasteiger charge is 2.21. The number of furan rings is 2. The third-order valence-electron chi connectivity index (χ3n) is 11.5. The maximum atomic E-state index is 6.69. The normalized spacial score (nSPS) is 11.8. The van der Waals surface area contributed by atoms with E-state index in [1.165, 1.54) is 27.3 Å². The number of hydrogen-bond acceptors (Lipinski definition) is 4. The second kappa shape index (κ2) is 12.9. The molecule has 0 atom stereocenters. The molecule has 0 aliphatic rings. The Morgan fingerprint density at radius 3 is 1.74 bits per heavy atom. The summed E-state index contributed by atoms with van der Waals surface area (Å²) in [5.41, 5.74) is 12.6. The van der Waals surface area contributed by atoms with Crippen molar-refractivity contribution < 1.29 is 8.83 Å². The molecule has 0 amide bonds. The first-order valence-corrected chi connectivity index (χ1v) is 19.6. The molecule has 0 aliphatic heterocycles. The second-order valence-corrected chi connectivity index (χ2v) is 14.9. The van der Waals surface area contributed by atoms with Gasteiger partial charge in [0.2, 0.25) is 0 Å². The van der Waals surface area contributed by atoms with Crippen molar-refractivity contribution in [1.29, 1.82) is 0 Å². The Morgan fingerprint density at radius 1 is 0.293 bits per heavy atom. The predicted octanol–water partition coefficient (Wildman–Crippen LogP) is 14.9. The third kappa shape index (κ3) is 5.16. The fourth-order valence-corrected chi connectivity index (χ4v) is 8.78. The van der Waals surface area contributed by atoms with Gasteiger partial charge in [0.15, 0.2) is 5.82 Å². The Morgan fingerprint density at radius 2 is 0.897 bits per heavy atom. The molecular formula is C54H32N2O2. The van der Waals surface area contributed by atoms with Crippen molar-refractivity contribution in [1.82, 2.24) is 9.97 Å². The van der Waals surface area contributed by atoms with E-state index in [4.69, 9.17) is 18.8 Å². The number of nitrogens with zero attached hydrogens (tertiary/aromatic N) is 2. The van der Waals surface area contributed by atoms with Crippen molar-refractivity contribution in [3.05, 3.63) is 194 Å². The molecule has 0 aliphatic carbocycles. The fraction of sp³-hybridized carbons (Fsp3) is 0. The Balaban J connectivity index is 1.11. The molecule has 0 bridgehead atoms. The van der Waals surface area contributed by atoms with E-state index < -0.39 is 0 Å². The Kier molecular flexibility index (Phi) is 7.20. The number of aromatic nitrogens is 2. The van der Waals surface area contributed by atoms with Crippen LogP contribution < -0.4 is 0 Å². The molecule has 4 heteroatoms. The summed E-state index contributed by atoms with van der Waals surface area (Å²) in [7, 11) is 0. The molecule has 0 unspecified atom stereocenters. The van der Waals surface area contributed by atoms with E-state index in [0.29, 0.717) is 5.82 Å². The minimum absolute atomic E-state index is 0.639. The van der Waals surface area contributed by atoms with Gasteiger partial charge in [0.25, 0.3) is 0 Å². The summed E-state index contributed by atoms with van der Waals surface area (Å²) in [5, 5.41) is 8.92. The van der Waals surface area contributed by atoms with Gasteiger partial charge in [-0.1, -0.05) is 146 Å². The van der Waals surface area contributed by atoms with Crippen LogP contribution in [-0.2, 0) is 0 Å². The molecule has 0 N–H and O–H groups in total. The van der Waals surface area contributed by atoms with Crippen molar-refractivity contribution in [2.75, 3.05) is 0 Å². The summed E-state index contributed by atoms with van der Waals surface area (Å²) in [5.74, 6) is 0.639. The summed E-state index contributed by atoms with van der Waals surface area (Å²) in [6.07, 6.45) is 0. The van der Waals surface area contributed by atoms with Crippen LogP contribution in [0.5, 0.6) is 0 Å². The van der Waals surface area contributed by atoms with Gasteiger partial charge in [-0.2, -0.15) is 0 Å². The van der Waals surface area contributed by atoms with Gasteiger partial charge in [-0.3, -0.25) is 0 Å². The van der Waals surface area contributed by atoms with Crippen LogP contribution in [0, 0.1) is 0 Å². The molecule has 0 fully saturated rings. The number of para-hydroxylation sites is 1. The molecule has 12 rings (SSSR count). The lowest BCUT2D eigenvalue weighted by molar-refractivity contribution is 0.668. The van der Waals surface area contributed by atoms with Crippen LogP contribution in [0.3, 0.4) is 0 Å². The van der Waals surface area contributed by atoms with E-state index in [2.05, 4.69) is 170 Å². The molecule has 0 saturated carbocycles. The average molecular weight is 741 g/mol. The minimum atomic E-state index is 0.639. The monoisotopic (exact) mass is 740 g/mol. The van der Waals surface area contributed by atoms with Crippen molar-refractivity contribution >= 4 is 65.4 Å². The molecule has 270 valence electrons. The summed E-state index contributed by atoms with van der Waals surface area (Å²) >= 11 is 0. The van der Waals surface area contributed by atoms with Crippen molar-refractivity contribution in [3.63, 3.8) is 0 Å². The van der Waals surface area contributed by atoms with Crippen LogP contribution in [0.4, 0.5) is 0 Å². The van der Waals surface area contributed by atoms with Crippen LogP contribution in [0.2, 0.25) is 0 Å². The van der Waals surface area contributed by atoms with Gasteiger partial charge < -0.3 is 8.83 Å². The maximum Gasteiger partial charge on any atom is 0.160 e. The lowest BCUT2D eigenvalue weighted by Gasteiger charge is -2.14. The Hall–Kier alpha value is -7.82. The molecule has 0 radical (unpaired) electrons. The standard InChI is InChI=1S/C54H32N2O2/c1-2-13-34(14-3-1)38-27-28-41(40-17-7-6-16-39(38)40)43-19-10-22-50-52(43)53-44(20-11-23-51(53)58-50)47-32-46(36-25-24-33-12-4-5-15-35(33)30-36)55-54(56-47)37-26-29-49-45(31-37)42-18-8-9-21-48(42)57-49/h1-32H. The van der Waals surface area contributed by atoms with Gasteiger partial charge >= 0.3 is 0 Å². The SMILES string of the molecule is c1ccc(-c2ccc(-c3cccc4oc5cccc(-c6cc(-c7ccc8ccccc8c7)nc(-c7ccc8oc9ccccc9c8c7)n6)c5c34)c3ccccc23)cc1. The van der Waals surface area contributed by atoms with Crippen molar-refractivity contribution in [2.24, 2.45) is 0 Å². The van der Waals surface area contributed by atoms with Crippen molar-refractivity contribution in [3.8, 4) is 56.2 Å². The highest BCUT2D eigenvalue weighted by molar-refractivity contribution is 6.20. The van der Waals surface area contributed by atoms with Crippen LogP contribution in [0.25, 0.3) is 122 Å². The first-order valence-electron chi connectivity index (χ1n) is 19.6. The highest BCUT2D eigenvalue weighted by Crippen LogP contribution is 2.45. The molecule has 3 aromatic heterocycles.